The van der Waals surface area contributed by atoms with E-state index in [0.29, 0.717) is 38.9 Å². The van der Waals surface area contributed by atoms with Crippen molar-refractivity contribution in [3.63, 3.8) is 0 Å². The van der Waals surface area contributed by atoms with Crippen molar-refractivity contribution < 1.29 is 28.5 Å². The van der Waals surface area contributed by atoms with Gasteiger partial charge in [-0.1, -0.05) is 6.07 Å². The van der Waals surface area contributed by atoms with Crippen molar-refractivity contribution in [2.24, 2.45) is 5.73 Å². The molecule has 1 amide bonds. The Kier molecular flexibility index (Phi) is 5.53. The van der Waals surface area contributed by atoms with Gasteiger partial charge in [-0.2, -0.15) is 13.9 Å². The van der Waals surface area contributed by atoms with Crippen molar-refractivity contribution in [1.82, 2.24) is 29.5 Å². The quantitative estimate of drug-likeness (QED) is 0.247. The molecule has 1 aromatic carbocycles. The Morgan fingerprint density at radius 3 is 2.59 bits per heavy atom. The topological polar surface area (TPSA) is 152 Å². The summed E-state index contributed by atoms with van der Waals surface area (Å²) >= 11 is 0. The predicted octanol–water partition coefficient (Wildman–Crippen LogP) is 2.23. The number of halogens is 2. The van der Waals surface area contributed by atoms with Crippen LogP contribution >= 0.6 is 0 Å². The van der Waals surface area contributed by atoms with E-state index in [9.17, 15) is 23.8 Å². The molecule has 4 heterocycles. The number of aromatic nitrogens is 5. The van der Waals surface area contributed by atoms with Crippen molar-refractivity contribution >= 4 is 19.4 Å². The molecule has 2 aliphatic carbocycles. The maximum absolute atomic E-state index is 13.6. The van der Waals surface area contributed by atoms with E-state index in [4.69, 9.17) is 23.3 Å². The van der Waals surface area contributed by atoms with Gasteiger partial charge in [-0.25, -0.2) is 19.5 Å². The number of aryl methyl sites for hydroxylation is 1. The molecule has 1 fully saturated rings. The minimum atomic E-state index is -3.15. The molecule has 208 valence electrons. The average Bonchev–Trinajstić information content (AvgIpc) is 3.38. The number of nitrogens with zero attached hydrogens (tertiary/aromatic N) is 6. The Hall–Kier alpha value is -4.01. The number of fused-ring (bicyclic) bond motifs is 9. The van der Waals surface area contributed by atoms with Gasteiger partial charge in [0.05, 0.1) is 23.0 Å². The van der Waals surface area contributed by atoms with Gasteiger partial charge in [-0.3, -0.25) is 9.69 Å². The second-order valence-corrected chi connectivity index (χ2v) is 10.9. The van der Waals surface area contributed by atoms with E-state index in [0.717, 1.165) is 24.8 Å². The number of rotatable bonds is 5. The van der Waals surface area contributed by atoms with E-state index in [1.54, 1.807) is 18.6 Å². The summed E-state index contributed by atoms with van der Waals surface area (Å²) in [6.07, 6.45) is 7.86. The molecule has 2 unspecified atom stereocenters. The van der Waals surface area contributed by atoms with Crippen LogP contribution in [0.1, 0.15) is 76.2 Å². The number of benzene rings is 1. The Morgan fingerprint density at radius 1 is 1.22 bits per heavy atom. The van der Waals surface area contributed by atoms with E-state index in [-0.39, 0.29) is 23.3 Å². The molecule has 2 bridgehead atoms. The average molecular weight is 559 g/mol. The van der Waals surface area contributed by atoms with Crippen LogP contribution in [0.5, 0.6) is 5.75 Å². The van der Waals surface area contributed by atoms with Crippen molar-refractivity contribution in [2.45, 2.75) is 62.5 Å². The molecule has 7 rings (SSSR count). The lowest BCUT2D eigenvalue weighted by atomic mass is 9.77. The summed E-state index contributed by atoms with van der Waals surface area (Å²) in [5.41, 5.74) is 9.23. The third kappa shape index (κ3) is 3.85. The van der Waals surface area contributed by atoms with Crippen LogP contribution in [0.15, 0.2) is 36.8 Å². The van der Waals surface area contributed by atoms with Crippen molar-refractivity contribution in [2.75, 3.05) is 0 Å². The van der Waals surface area contributed by atoms with Crippen molar-refractivity contribution in [3.05, 3.63) is 70.6 Å². The number of ether oxygens (including phenoxy) is 1. The fourth-order valence-electron chi connectivity index (χ4n) is 6.34. The lowest BCUT2D eigenvalue weighted by Crippen LogP contribution is -2.53. The largest absolute Gasteiger partial charge is 0.434 e. The number of nitrogens with two attached hydrogens (primary N) is 1. The lowest BCUT2D eigenvalue weighted by Gasteiger charge is -2.37. The fraction of sp³-hybridized carbons (Fsp3) is 0.370. The Balaban J connectivity index is 1.42. The highest BCUT2D eigenvalue weighted by Gasteiger charge is 2.51. The minimum absolute atomic E-state index is 0.0402. The van der Waals surface area contributed by atoms with Gasteiger partial charge >= 0.3 is 6.61 Å². The molecule has 4 N–H and O–H groups in total. The zero-order valence-electron chi connectivity index (χ0n) is 21.8. The van der Waals surface area contributed by atoms with Crippen LogP contribution in [-0.4, -0.2) is 65.9 Å². The van der Waals surface area contributed by atoms with Crippen LogP contribution in [0.4, 0.5) is 8.78 Å². The summed E-state index contributed by atoms with van der Waals surface area (Å²) in [6, 6.07) is 3.16. The fourth-order valence-corrected chi connectivity index (χ4v) is 6.34. The molecular formula is C27H24BF2N7O4. The number of carbonyl (C=O) groups is 1. The minimum Gasteiger partial charge on any atom is -0.434 e. The van der Waals surface area contributed by atoms with Crippen LogP contribution in [0, 0.1) is 6.92 Å². The SMILES string of the molecule is [B]C(O)(O)N1C(=O)c2cccc(OC(F)F)c2C2CC1c1nn3cc(C)c(-c4cnc(C5(N)CCC5)nc4)nc3c12. The summed E-state index contributed by atoms with van der Waals surface area (Å²) < 4.78 is 33.2. The van der Waals surface area contributed by atoms with Crippen LogP contribution in [0.25, 0.3) is 16.9 Å². The van der Waals surface area contributed by atoms with E-state index in [1.165, 1.54) is 22.7 Å². The van der Waals surface area contributed by atoms with Crippen molar-refractivity contribution in [1.29, 1.82) is 0 Å². The van der Waals surface area contributed by atoms with E-state index < -0.39 is 35.8 Å². The molecule has 3 aliphatic rings. The smallest absolute Gasteiger partial charge is 0.387 e. The standard InChI is InChI=1S/C27H24BF2N7O4/c1-12-11-36-22(34-20(12)13-9-32-24(33-10-13)26(31)6-3-7-26)19-15-8-16(21(19)35-36)37(27(28,39)40)23(38)14-4-2-5-17(18(14)15)41-25(29)30/h2,4-5,9-11,15-16,25,39-40H,3,6-8,31H2,1H3. The van der Waals surface area contributed by atoms with Crippen molar-refractivity contribution in [3.8, 4) is 17.0 Å². The molecule has 2 atom stereocenters. The Labute approximate surface area is 233 Å². The molecule has 0 saturated heterocycles. The summed E-state index contributed by atoms with van der Waals surface area (Å²) in [4.78, 5) is 28.2. The summed E-state index contributed by atoms with van der Waals surface area (Å²) in [5.74, 6) is -4.23. The Bertz CT molecular complexity index is 1720. The van der Waals surface area contributed by atoms with Gasteiger partial charge in [-0.05, 0) is 50.3 Å². The summed E-state index contributed by atoms with van der Waals surface area (Å²) in [6.45, 7) is -1.30. The first kappa shape index (κ1) is 25.9. The highest BCUT2D eigenvalue weighted by molar-refractivity contribution is 6.15. The second-order valence-electron chi connectivity index (χ2n) is 10.9. The van der Waals surface area contributed by atoms with E-state index >= 15 is 0 Å². The molecule has 14 heteroatoms. The number of hydrogen-bond acceptors (Lipinski definition) is 9. The lowest BCUT2D eigenvalue weighted by molar-refractivity contribution is -0.190. The molecule has 41 heavy (non-hydrogen) atoms. The molecule has 11 nitrogen and oxygen atoms in total. The first-order valence-corrected chi connectivity index (χ1v) is 13.1. The number of carbonyl (C=O) groups excluding carboxylic acids is 1. The van der Waals surface area contributed by atoms with Gasteiger partial charge in [0.15, 0.2) is 19.3 Å². The van der Waals surface area contributed by atoms with Gasteiger partial charge in [0, 0.05) is 46.8 Å². The number of aliphatic hydroxyl groups is 2. The van der Waals surface area contributed by atoms with Crippen LogP contribution < -0.4 is 10.5 Å². The number of amides is 1. The maximum Gasteiger partial charge on any atom is 0.387 e. The first-order valence-electron chi connectivity index (χ1n) is 13.1. The maximum atomic E-state index is 13.6. The molecule has 3 aromatic heterocycles. The summed E-state index contributed by atoms with van der Waals surface area (Å²) in [7, 11) is 5.65. The van der Waals surface area contributed by atoms with Gasteiger partial charge in [0.2, 0.25) is 0 Å². The highest BCUT2D eigenvalue weighted by Crippen LogP contribution is 2.54. The zero-order chi connectivity index (χ0) is 28.8. The first-order chi connectivity index (χ1) is 19.5. The predicted molar refractivity (Wildman–Crippen MR) is 140 cm³/mol. The van der Waals surface area contributed by atoms with E-state index in [2.05, 4.69) is 15.1 Å². The molecule has 1 aliphatic heterocycles. The van der Waals surface area contributed by atoms with Gasteiger partial charge < -0.3 is 20.7 Å². The molecule has 1 saturated carbocycles. The third-order valence-corrected chi connectivity index (χ3v) is 8.34. The number of hydrogen-bond donors (Lipinski definition) is 3. The number of alkyl halides is 2. The van der Waals surface area contributed by atoms with Crippen LogP contribution in [-0.2, 0) is 5.54 Å². The second kappa shape index (κ2) is 8.75. The highest BCUT2D eigenvalue weighted by atomic mass is 19.3. The monoisotopic (exact) mass is 559 g/mol. The summed E-state index contributed by atoms with van der Waals surface area (Å²) in [5, 5.41) is 25.5. The van der Waals surface area contributed by atoms with Gasteiger partial charge in [0.25, 0.3) is 5.91 Å². The van der Waals surface area contributed by atoms with Crippen LogP contribution in [0.3, 0.4) is 0 Å². The third-order valence-electron chi connectivity index (χ3n) is 8.34. The molecule has 4 aromatic rings. The van der Waals surface area contributed by atoms with Crippen LogP contribution in [0.2, 0.25) is 0 Å². The van der Waals surface area contributed by atoms with E-state index in [1.807, 2.05) is 6.92 Å². The van der Waals surface area contributed by atoms with Gasteiger partial charge in [-0.15, -0.1) is 0 Å². The Morgan fingerprint density at radius 2 is 1.95 bits per heavy atom. The molecule has 2 radical (unpaired) electrons. The molecular weight excluding hydrogens is 535 g/mol. The normalized spacial score (nSPS) is 21.0. The van der Waals surface area contributed by atoms with Gasteiger partial charge in [0.1, 0.15) is 11.6 Å². The zero-order valence-corrected chi connectivity index (χ0v) is 21.8. The molecule has 0 spiro atoms.